The summed E-state index contributed by atoms with van der Waals surface area (Å²) in [6.07, 6.45) is 6.16. The monoisotopic (exact) mass is 504 g/mol. The molecule has 3 heterocycles. The Morgan fingerprint density at radius 2 is 2.12 bits per heavy atom. The van der Waals surface area contributed by atoms with Gasteiger partial charge in [-0.1, -0.05) is 28.1 Å². The SMILES string of the molecule is Cc1cc(-n2ccnc2)cc2[nH]c(-c3c(NC[C@H](O)c4cccc(Br)c4)cc[nH]c3=O)nc12. The first kappa shape index (κ1) is 21.2. The van der Waals surface area contributed by atoms with Gasteiger partial charge in [0.25, 0.3) is 5.56 Å². The molecule has 4 N–H and O–H groups in total. The number of anilines is 1. The Morgan fingerprint density at radius 1 is 1.24 bits per heavy atom. The molecule has 0 aliphatic rings. The zero-order valence-corrected chi connectivity index (χ0v) is 19.3. The van der Waals surface area contributed by atoms with Crippen LogP contribution in [0.3, 0.4) is 0 Å². The molecule has 3 aromatic heterocycles. The number of aromatic amines is 2. The summed E-state index contributed by atoms with van der Waals surface area (Å²) in [7, 11) is 0. The molecule has 0 saturated carbocycles. The zero-order chi connectivity index (χ0) is 22.9. The molecule has 0 aliphatic carbocycles. The summed E-state index contributed by atoms with van der Waals surface area (Å²) in [4.78, 5) is 27.6. The molecule has 5 rings (SSSR count). The van der Waals surface area contributed by atoms with Gasteiger partial charge in [0.1, 0.15) is 11.4 Å². The van der Waals surface area contributed by atoms with Crippen LogP contribution in [0, 0.1) is 6.92 Å². The van der Waals surface area contributed by atoms with Crippen LogP contribution in [-0.2, 0) is 0 Å². The second-order valence-corrected chi connectivity index (χ2v) is 8.68. The molecule has 5 aromatic rings. The predicted molar refractivity (Wildman–Crippen MR) is 132 cm³/mol. The van der Waals surface area contributed by atoms with Crippen LogP contribution in [0.25, 0.3) is 28.1 Å². The molecule has 0 bridgehead atoms. The first-order valence-corrected chi connectivity index (χ1v) is 11.2. The Morgan fingerprint density at radius 3 is 2.91 bits per heavy atom. The lowest BCUT2D eigenvalue weighted by Gasteiger charge is -2.15. The number of imidazole rings is 2. The zero-order valence-electron chi connectivity index (χ0n) is 17.7. The molecule has 2 aromatic carbocycles. The van der Waals surface area contributed by atoms with Gasteiger partial charge in [0.2, 0.25) is 0 Å². The van der Waals surface area contributed by atoms with E-state index in [1.807, 2.05) is 54.1 Å². The second-order valence-electron chi connectivity index (χ2n) is 7.76. The average Bonchev–Trinajstić information content (AvgIpc) is 3.48. The standard InChI is InChI=1S/C24H21BrN6O2/c1-14-9-17(31-8-7-26-13-31)11-19-22(14)30-23(29-19)21-18(5-6-27-24(21)33)28-12-20(32)15-3-2-4-16(25)10-15/h2-11,13,20,32H,12H2,1H3,(H,29,30)(H2,27,28,33)/t20-/m0/s1. The van der Waals surface area contributed by atoms with Crippen LogP contribution in [0.4, 0.5) is 5.69 Å². The number of aryl methyl sites for hydroxylation is 1. The van der Waals surface area contributed by atoms with Gasteiger partial charge in [0.05, 0.1) is 29.2 Å². The molecule has 0 aliphatic heterocycles. The van der Waals surface area contributed by atoms with Crippen LogP contribution in [0.2, 0.25) is 0 Å². The molecule has 166 valence electrons. The lowest BCUT2D eigenvalue weighted by atomic mass is 10.1. The lowest BCUT2D eigenvalue weighted by Crippen LogP contribution is -2.17. The van der Waals surface area contributed by atoms with E-state index in [0.29, 0.717) is 17.1 Å². The number of benzene rings is 2. The van der Waals surface area contributed by atoms with Crippen LogP contribution in [0.1, 0.15) is 17.2 Å². The number of H-pyrrole nitrogens is 2. The van der Waals surface area contributed by atoms with Crippen LogP contribution in [0.15, 0.2) is 76.6 Å². The number of pyridine rings is 1. The maximum absolute atomic E-state index is 12.8. The molecule has 0 radical (unpaired) electrons. The number of fused-ring (bicyclic) bond motifs is 1. The van der Waals surface area contributed by atoms with Crippen molar-refractivity contribution in [2.75, 3.05) is 11.9 Å². The van der Waals surface area contributed by atoms with E-state index >= 15 is 0 Å². The quantitative estimate of drug-likeness (QED) is 0.275. The van der Waals surface area contributed by atoms with Crippen molar-refractivity contribution in [2.45, 2.75) is 13.0 Å². The minimum absolute atomic E-state index is 0.233. The Labute approximate surface area is 197 Å². The Balaban J connectivity index is 1.49. The molecule has 1 atom stereocenters. The number of aliphatic hydroxyl groups is 1. The lowest BCUT2D eigenvalue weighted by molar-refractivity contribution is 0.191. The third kappa shape index (κ3) is 4.20. The van der Waals surface area contributed by atoms with E-state index < -0.39 is 6.10 Å². The summed E-state index contributed by atoms with van der Waals surface area (Å²) in [6.45, 7) is 2.22. The molecule has 0 fully saturated rings. The van der Waals surface area contributed by atoms with E-state index in [0.717, 1.165) is 32.3 Å². The minimum Gasteiger partial charge on any atom is -0.387 e. The van der Waals surface area contributed by atoms with Crippen molar-refractivity contribution in [1.29, 1.82) is 0 Å². The summed E-state index contributed by atoms with van der Waals surface area (Å²) in [6, 6.07) is 13.3. The molecular weight excluding hydrogens is 484 g/mol. The van der Waals surface area contributed by atoms with Gasteiger partial charge in [-0.15, -0.1) is 0 Å². The average molecular weight is 505 g/mol. The third-order valence-electron chi connectivity index (χ3n) is 5.48. The van der Waals surface area contributed by atoms with E-state index in [-0.39, 0.29) is 12.1 Å². The molecule has 0 amide bonds. The van der Waals surface area contributed by atoms with Gasteiger partial charge in [-0.25, -0.2) is 9.97 Å². The van der Waals surface area contributed by atoms with Crippen LogP contribution < -0.4 is 10.9 Å². The van der Waals surface area contributed by atoms with Crippen molar-refractivity contribution in [2.24, 2.45) is 0 Å². The Hall–Kier alpha value is -3.69. The number of aliphatic hydroxyl groups excluding tert-OH is 1. The van der Waals surface area contributed by atoms with Gasteiger partial charge in [0, 0.05) is 35.3 Å². The van der Waals surface area contributed by atoms with Crippen LogP contribution >= 0.6 is 15.9 Å². The normalized spacial score (nSPS) is 12.2. The van der Waals surface area contributed by atoms with Gasteiger partial charge >= 0.3 is 0 Å². The first-order valence-electron chi connectivity index (χ1n) is 10.4. The largest absolute Gasteiger partial charge is 0.387 e. The van der Waals surface area contributed by atoms with Gasteiger partial charge in [-0.05, 0) is 48.4 Å². The topological polar surface area (TPSA) is 112 Å². The van der Waals surface area contributed by atoms with Crippen LogP contribution in [-0.4, -0.2) is 36.2 Å². The molecule has 0 saturated heterocycles. The number of aromatic nitrogens is 5. The van der Waals surface area contributed by atoms with Crippen molar-refractivity contribution in [1.82, 2.24) is 24.5 Å². The highest BCUT2D eigenvalue weighted by Crippen LogP contribution is 2.28. The first-order chi connectivity index (χ1) is 16.0. The number of rotatable bonds is 6. The molecule has 8 nitrogen and oxygen atoms in total. The van der Waals surface area contributed by atoms with Crippen molar-refractivity contribution < 1.29 is 5.11 Å². The van der Waals surface area contributed by atoms with E-state index in [2.05, 4.69) is 36.2 Å². The summed E-state index contributed by atoms with van der Waals surface area (Å²) in [5.41, 5.74) is 5.00. The predicted octanol–water partition coefficient (Wildman–Crippen LogP) is 4.32. The Bertz CT molecular complexity index is 1490. The highest BCUT2D eigenvalue weighted by Gasteiger charge is 2.17. The fraction of sp³-hybridized carbons (Fsp3) is 0.125. The van der Waals surface area contributed by atoms with Crippen molar-refractivity contribution in [3.05, 3.63) is 93.3 Å². The fourth-order valence-electron chi connectivity index (χ4n) is 3.85. The van der Waals surface area contributed by atoms with Crippen molar-refractivity contribution >= 4 is 32.7 Å². The third-order valence-corrected chi connectivity index (χ3v) is 5.97. The van der Waals surface area contributed by atoms with Gasteiger partial charge < -0.3 is 25.0 Å². The Kier molecular flexibility index (Phi) is 5.57. The molecular formula is C24H21BrN6O2. The maximum atomic E-state index is 12.8. The van der Waals surface area contributed by atoms with Crippen molar-refractivity contribution in [3.63, 3.8) is 0 Å². The van der Waals surface area contributed by atoms with Gasteiger partial charge in [-0.3, -0.25) is 4.79 Å². The maximum Gasteiger partial charge on any atom is 0.261 e. The number of nitrogens with zero attached hydrogens (tertiary/aromatic N) is 3. The van der Waals surface area contributed by atoms with Gasteiger partial charge in [0.15, 0.2) is 0 Å². The minimum atomic E-state index is -0.745. The van der Waals surface area contributed by atoms with E-state index in [9.17, 15) is 9.90 Å². The fourth-order valence-corrected chi connectivity index (χ4v) is 4.27. The van der Waals surface area contributed by atoms with E-state index in [1.165, 1.54) is 0 Å². The highest BCUT2D eigenvalue weighted by molar-refractivity contribution is 9.10. The van der Waals surface area contributed by atoms with E-state index in [1.54, 1.807) is 24.8 Å². The van der Waals surface area contributed by atoms with E-state index in [4.69, 9.17) is 4.98 Å². The summed E-state index contributed by atoms with van der Waals surface area (Å²) in [5.74, 6) is 0.456. The highest BCUT2D eigenvalue weighted by atomic mass is 79.9. The number of halogens is 1. The number of hydrogen-bond acceptors (Lipinski definition) is 5. The van der Waals surface area contributed by atoms with Gasteiger partial charge in [-0.2, -0.15) is 0 Å². The summed E-state index contributed by atoms with van der Waals surface area (Å²) >= 11 is 3.42. The smallest absolute Gasteiger partial charge is 0.261 e. The second kappa shape index (κ2) is 8.68. The number of hydrogen-bond donors (Lipinski definition) is 4. The summed E-state index contributed by atoms with van der Waals surface area (Å²) in [5, 5.41) is 13.8. The van der Waals surface area contributed by atoms with Crippen LogP contribution in [0.5, 0.6) is 0 Å². The molecule has 33 heavy (non-hydrogen) atoms. The number of nitrogens with one attached hydrogen (secondary N) is 3. The molecule has 9 heteroatoms. The molecule has 0 spiro atoms. The molecule has 0 unspecified atom stereocenters. The van der Waals surface area contributed by atoms with Crippen molar-refractivity contribution in [3.8, 4) is 17.1 Å². The summed E-state index contributed by atoms with van der Waals surface area (Å²) < 4.78 is 2.81.